The van der Waals surface area contributed by atoms with Crippen LogP contribution in [0.1, 0.15) is 11.3 Å². The average Bonchev–Trinajstić information content (AvgIpc) is 2.03. The SMILES string of the molecule is Cc1ccnc(C=NNC(N)=S)c1. The van der Waals surface area contributed by atoms with Crippen LogP contribution in [-0.4, -0.2) is 16.3 Å². The Kier molecular flexibility index (Phi) is 3.33. The summed E-state index contributed by atoms with van der Waals surface area (Å²) in [5.41, 5.74) is 9.52. The maximum Gasteiger partial charge on any atom is 0.184 e. The van der Waals surface area contributed by atoms with Gasteiger partial charge in [0.15, 0.2) is 5.11 Å². The van der Waals surface area contributed by atoms with Gasteiger partial charge in [-0.2, -0.15) is 5.10 Å². The third-order valence-electron chi connectivity index (χ3n) is 1.31. The standard InChI is InChI=1S/C8H10N4S/c1-6-2-3-10-7(4-6)5-11-12-8(9)13/h2-5H,1H3,(H3,9,12,13). The summed E-state index contributed by atoms with van der Waals surface area (Å²) in [6.45, 7) is 1.99. The number of nitrogens with zero attached hydrogens (tertiary/aromatic N) is 2. The third-order valence-corrected chi connectivity index (χ3v) is 1.40. The number of hydrogen-bond donors (Lipinski definition) is 2. The van der Waals surface area contributed by atoms with E-state index in [0.717, 1.165) is 11.3 Å². The molecule has 0 aliphatic rings. The second kappa shape index (κ2) is 4.51. The summed E-state index contributed by atoms with van der Waals surface area (Å²) in [5, 5.41) is 3.92. The van der Waals surface area contributed by atoms with Gasteiger partial charge in [-0.15, -0.1) is 0 Å². The van der Waals surface area contributed by atoms with Gasteiger partial charge >= 0.3 is 0 Å². The first-order valence-electron chi connectivity index (χ1n) is 3.69. The highest BCUT2D eigenvalue weighted by molar-refractivity contribution is 7.80. The Labute approximate surface area is 81.9 Å². The molecule has 1 aromatic rings. The highest BCUT2D eigenvalue weighted by Gasteiger charge is 1.88. The molecular weight excluding hydrogens is 184 g/mol. The van der Waals surface area contributed by atoms with Crippen LogP contribution in [-0.2, 0) is 0 Å². The summed E-state index contributed by atoms with van der Waals surface area (Å²) in [6, 6.07) is 3.82. The Balaban J connectivity index is 2.63. The van der Waals surface area contributed by atoms with Gasteiger partial charge in [-0.25, -0.2) is 0 Å². The molecule has 0 unspecified atom stereocenters. The highest BCUT2D eigenvalue weighted by Crippen LogP contribution is 1.96. The molecule has 0 aliphatic carbocycles. The van der Waals surface area contributed by atoms with Crippen LogP contribution in [0.3, 0.4) is 0 Å². The smallest absolute Gasteiger partial charge is 0.184 e. The van der Waals surface area contributed by atoms with Gasteiger partial charge < -0.3 is 5.73 Å². The van der Waals surface area contributed by atoms with Gasteiger partial charge in [-0.1, -0.05) is 0 Å². The summed E-state index contributed by atoms with van der Waals surface area (Å²) in [7, 11) is 0. The molecule has 0 aliphatic heterocycles. The van der Waals surface area contributed by atoms with Crippen molar-refractivity contribution in [1.29, 1.82) is 0 Å². The van der Waals surface area contributed by atoms with Crippen LogP contribution in [0.4, 0.5) is 0 Å². The van der Waals surface area contributed by atoms with E-state index in [9.17, 15) is 0 Å². The Bertz CT molecular complexity index is 335. The lowest BCUT2D eigenvalue weighted by Crippen LogP contribution is -2.24. The molecule has 5 heteroatoms. The van der Waals surface area contributed by atoms with Gasteiger partial charge in [0.2, 0.25) is 0 Å². The molecule has 0 spiro atoms. The van der Waals surface area contributed by atoms with Gasteiger partial charge in [-0.3, -0.25) is 10.4 Å². The topological polar surface area (TPSA) is 63.3 Å². The molecular formula is C8H10N4S. The predicted molar refractivity (Wildman–Crippen MR) is 56.5 cm³/mol. The van der Waals surface area contributed by atoms with E-state index >= 15 is 0 Å². The van der Waals surface area contributed by atoms with E-state index < -0.39 is 0 Å². The molecule has 0 radical (unpaired) electrons. The molecule has 0 saturated carbocycles. The molecule has 3 N–H and O–H groups in total. The predicted octanol–water partition coefficient (Wildman–Crippen LogP) is 0.557. The minimum Gasteiger partial charge on any atom is -0.375 e. The Morgan fingerprint density at radius 1 is 1.77 bits per heavy atom. The van der Waals surface area contributed by atoms with Crippen LogP contribution < -0.4 is 11.2 Å². The summed E-state index contributed by atoms with van der Waals surface area (Å²) in [5.74, 6) is 0. The summed E-state index contributed by atoms with van der Waals surface area (Å²) < 4.78 is 0. The Hall–Kier alpha value is -1.49. The van der Waals surface area contributed by atoms with Crippen molar-refractivity contribution in [3.63, 3.8) is 0 Å². The molecule has 0 atom stereocenters. The molecule has 0 saturated heterocycles. The molecule has 1 rings (SSSR count). The van der Waals surface area contributed by atoms with E-state index in [0.29, 0.717) is 0 Å². The number of nitrogens with one attached hydrogen (secondary N) is 1. The van der Waals surface area contributed by atoms with E-state index in [4.69, 9.17) is 5.73 Å². The van der Waals surface area contributed by atoms with Crippen LogP contribution in [0.5, 0.6) is 0 Å². The fraction of sp³-hybridized carbons (Fsp3) is 0.125. The van der Waals surface area contributed by atoms with Crippen LogP contribution in [0.25, 0.3) is 0 Å². The Morgan fingerprint density at radius 2 is 2.54 bits per heavy atom. The molecule has 68 valence electrons. The Morgan fingerprint density at radius 3 is 3.15 bits per heavy atom. The van der Waals surface area contributed by atoms with E-state index in [1.807, 2.05) is 19.1 Å². The number of nitrogens with two attached hydrogens (primary N) is 1. The molecule has 0 aromatic carbocycles. The number of pyridine rings is 1. The van der Waals surface area contributed by atoms with Crippen LogP contribution in [0, 0.1) is 6.92 Å². The summed E-state index contributed by atoms with van der Waals surface area (Å²) in [4.78, 5) is 4.06. The van der Waals surface area contributed by atoms with Crippen molar-refractivity contribution in [2.75, 3.05) is 0 Å². The molecule has 4 nitrogen and oxygen atoms in total. The lowest BCUT2D eigenvalue weighted by molar-refractivity contribution is 1.04. The zero-order valence-corrected chi connectivity index (χ0v) is 8.01. The molecule has 0 bridgehead atoms. The monoisotopic (exact) mass is 194 g/mol. The lowest BCUT2D eigenvalue weighted by atomic mass is 10.2. The molecule has 0 fully saturated rings. The quantitative estimate of drug-likeness (QED) is 0.410. The van der Waals surface area contributed by atoms with Crippen molar-refractivity contribution >= 4 is 23.5 Å². The normalized spacial score (nSPS) is 10.2. The van der Waals surface area contributed by atoms with Gasteiger partial charge in [0.1, 0.15) is 0 Å². The fourth-order valence-corrected chi connectivity index (χ4v) is 0.845. The first kappa shape index (κ1) is 9.60. The number of hydrazone groups is 1. The van der Waals surface area contributed by atoms with Crippen molar-refractivity contribution in [2.45, 2.75) is 6.92 Å². The van der Waals surface area contributed by atoms with Crippen LogP contribution in [0.2, 0.25) is 0 Å². The van der Waals surface area contributed by atoms with E-state index in [2.05, 4.69) is 27.7 Å². The lowest BCUT2D eigenvalue weighted by Gasteiger charge is -1.95. The molecule has 1 heterocycles. The minimum absolute atomic E-state index is 0.143. The van der Waals surface area contributed by atoms with Gasteiger partial charge in [-0.05, 0) is 36.8 Å². The number of rotatable bonds is 2. The molecule has 13 heavy (non-hydrogen) atoms. The van der Waals surface area contributed by atoms with Gasteiger partial charge in [0.05, 0.1) is 11.9 Å². The van der Waals surface area contributed by atoms with Gasteiger partial charge in [0.25, 0.3) is 0 Å². The van der Waals surface area contributed by atoms with Crippen molar-refractivity contribution in [3.05, 3.63) is 29.6 Å². The van der Waals surface area contributed by atoms with Crippen LogP contribution in [0.15, 0.2) is 23.4 Å². The van der Waals surface area contributed by atoms with Crippen molar-refractivity contribution < 1.29 is 0 Å². The third kappa shape index (κ3) is 3.62. The number of aryl methyl sites for hydroxylation is 1. The maximum atomic E-state index is 5.17. The largest absolute Gasteiger partial charge is 0.375 e. The first-order valence-corrected chi connectivity index (χ1v) is 4.10. The second-order valence-electron chi connectivity index (χ2n) is 2.49. The zero-order chi connectivity index (χ0) is 9.68. The number of hydrogen-bond acceptors (Lipinski definition) is 3. The fourth-order valence-electron chi connectivity index (χ4n) is 0.792. The zero-order valence-electron chi connectivity index (χ0n) is 7.19. The first-order chi connectivity index (χ1) is 6.18. The maximum absolute atomic E-state index is 5.17. The van der Waals surface area contributed by atoms with E-state index in [-0.39, 0.29) is 5.11 Å². The van der Waals surface area contributed by atoms with Crippen molar-refractivity contribution in [3.8, 4) is 0 Å². The summed E-state index contributed by atoms with van der Waals surface area (Å²) >= 11 is 4.57. The highest BCUT2D eigenvalue weighted by atomic mass is 32.1. The second-order valence-corrected chi connectivity index (χ2v) is 2.93. The molecule has 0 amide bonds. The molecule has 1 aromatic heterocycles. The van der Waals surface area contributed by atoms with E-state index in [1.54, 1.807) is 12.4 Å². The van der Waals surface area contributed by atoms with E-state index in [1.165, 1.54) is 0 Å². The average molecular weight is 194 g/mol. The van der Waals surface area contributed by atoms with Gasteiger partial charge in [0, 0.05) is 6.20 Å². The van der Waals surface area contributed by atoms with Crippen molar-refractivity contribution in [2.24, 2.45) is 10.8 Å². The number of aromatic nitrogens is 1. The van der Waals surface area contributed by atoms with Crippen LogP contribution >= 0.6 is 12.2 Å². The number of thiocarbonyl (C=S) groups is 1. The minimum atomic E-state index is 0.143. The van der Waals surface area contributed by atoms with Crippen molar-refractivity contribution in [1.82, 2.24) is 10.4 Å². The summed E-state index contributed by atoms with van der Waals surface area (Å²) in [6.07, 6.45) is 3.28.